The molecule has 1 amide bonds. The lowest BCUT2D eigenvalue weighted by Gasteiger charge is -2.29. The van der Waals surface area contributed by atoms with Crippen LogP contribution in [0.15, 0.2) is 27.8 Å². The largest absolute Gasteiger partial charge is 0.469 e. The highest BCUT2D eigenvalue weighted by Gasteiger charge is 2.42. The van der Waals surface area contributed by atoms with Gasteiger partial charge in [-0.25, -0.2) is 0 Å². The summed E-state index contributed by atoms with van der Waals surface area (Å²) in [6, 6.07) is 3.85. The van der Waals surface area contributed by atoms with Crippen LogP contribution in [-0.4, -0.2) is 64.2 Å². The van der Waals surface area contributed by atoms with Gasteiger partial charge in [-0.2, -0.15) is 0 Å². The van der Waals surface area contributed by atoms with Crippen molar-refractivity contribution in [2.45, 2.75) is 32.1 Å². The Labute approximate surface area is 156 Å². The number of carbonyl (C=O) groups is 1. The minimum Gasteiger partial charge on any atom is -0.469 e. The maximum absolute atomic E-state index is 12.7. The van der Waals surface area contributed by atoms with Crippen molar-refractivity contribution >= 4 is 11.9 Å². The van der Waals surface area contributed by atoms with E-state index in [1.807, 2.05) is 26.2 Å². The van der Waals surface area contributed by atoms with Crippen molar-refractivity contribution in [3.05, 3.63) is 24.2 Å². The molecule has 2 N–H and O–H groups in total. The van der Waals surface area contributed by atoms with E-state index >= 15 is 0 Å². The molecule has 1 aromatic rings. The van der Waals surface area contributed by atoms with Crippen LogP contribution in [0.4, 0.5) is 0 Å². The first-order valence-corrected chi connectivity index (χ1v) is 9.33. The number of nitrogens with zero attached hydrogens (tertiary/aromatic N) is 2. The van der Waals surface area contributed by atoms with Crippen LogP contribution >= 0.6 is 0 Å². The van der Waals surface area contributed by atoms with Gasteiger partial charge in [0.15, 0.2) is 5.96 Å². The van der Waals surface area contributed by atoms with Gasteiger partial charge in [0.05, 0.1) is 24.8 Å². The number of ether oxygens (including phenoxy) is 1. The number of furan rings is 1. The Morgan fingerprint density at radius 2 is 2.04 bits per heavy atom. The predicted octanol–water partition coefficient (Wildman–Crippen LogP) is 1.65. The summed E-state index contributed by atoms with van der Waals surface area (Å²) in [7, 11) is 5.32. The number of nitrogens with one attached hydrogen (secondary N) is 2. The average Bonchev–Trinajstić information content (AvgIpc) is 3.31. The number of hydrogen-bond acceptors (Lipinski definition) is 4. The van der Waals surface area contributed by atoms with Crippen molar-refractivity contribution in [2.75, 3.05) is 47.4 Å². The topological polar surface area (TPSA) is 79.1 Å². The molecule has 0 aromatic carbocycles. The molecule has 0 radical (unpaired) electrons. The Morgan fingerprint density at radius 1 is 1.31 bits per heavy atom. The zero-order valence-electron chi connectivity index (χ0n) is 16.2. The van der Waals surface area contributed by atoms with Crippen molar-refractivity contribution in [2.24, 2.45) is 10.4 Å². The molecule has 0 saturated heterocycles. The summed E-state index contributed by atoms with van der Waals surface area (Å²) in [5.74, 6) is 1.83. The lowest BCUT2D eigenvalue weighted by Crippen LogP contribution is -2.44. The normalized spacial score (nSPS) is 16.5. The molecule has 0 unspecified atom stereocenters. The number of aliphatic imine (C=N–C) groups is 1. The summed E-state index contributed by atoms with van der Waals surface area (Å²) in [6.07, 6.45) is 6.45. The molecule has 7 heteroatoms. The van der Waals surface area contributed by atoms with Crippen molar-refractivity contribution in [1.82, 2.24) is 15.5 Å². The Hall–Kier alpha value is -2.02. The van der Waals surface area contributed by atoms with Gasteiger partial charge in [0, 0.05) is 40.7 Å². The second-order valence-electron chi connectivity index (χ2n) is 7.03. The number of carbonyl (C=O) groups excluding carboxylic acids is 1. The van der Waals surface area contributed by atoms with Crippen LogP contribution in [0.3, 0.4) is 0 Å². The molecule has 1 heterocycles. The van der Waals surface area contributed by atoms with Gasteiger partial charge in [0.1, 0.15) is 5.76 Å². The van der Waals surface area contributed by atoms with Gasteiger partial charge in [-0.05, 0) is 25.0 Å². The molecular weight excluding hydrogens is 332 g/mol. The standard InChI is InChI=1S/C19H32N4O3/c1-23(2)17(24)19(9-4-5-10-19)15-22-18(21-12-14-25-3)20-11-8-16-7-6-13-26-16/h6-7,13H,4-5,8-12,14-15H2,1-3H3,(H2,20,21,22). The lowest BCUT2D eigenvalue weighted by molar-refractivity contribution is -0.138. The molecule has 1 aromatic heterocycles. The van der Waals surface area contributed by atoms with Gasteiger partial charge in [-0.15, -0.1) is 0 Å². The summed E-state index contributed by atoms with van der Waals surface area (Å²) in [5.41, 5.74) is -0.361. The highest BCUT2D eigenvalue weighted by Crippen LogP contribution is 2.39. The van der Waals surface area contributed by atoms with Gasteiger partial charge >= 0.3 is 0 Å². The summed E-state index contributed by atoms with van der Waals surface area (Å²) in [6.45, 7) is 2.48. The number of methoxy groups -OCH3 is 1. The average molecular weight is 364 g/mol. The predicted molar refractivity (Wildman–Crippen MR) is 102 cm³/mol. The smallest absolute Gasteiger partial charge is 0.230 e. The maximum atomic E-state index is 12.7. The van der Waals surface area contributed by atoms with Crippen molar-refractivity contribution < 1.29 is 13.9 Å². The third-order valence-electron chi connectivity index (χ3n) is 4.80. The maximum Gasteiger partial charge on any atom is 0.230 e. The Morgan fingerprint density at radius 3 is 2.65 bits per heavy atom. The van der Waals surface area contributed by atoms with Crippen molar-refractivity contribution in [1.29, 1.82) is 0 Å². The quantitative estimate of drug-likeness (QED) is 0.396. The molecule has 0 bridgehead atoms. The summed E-state index contributed by atoms with van der Waals surface area (Å²) >= 11 is 0. The fraction of sp³-hybridized carbons (Fsp3) is 0.684. The minimum absolute atomic E-state index is 0.186. The van der Waals surface area contributed by atoms with E-state index in [0.717, 1.165) is 37.9 Å². The van der Waals surface area contributed by atoms with Crippen molar-refractivity contribution in [3.8, 4) is 0 Å². The van der Waals surface area contributed by atoms with E-state index in [0.29, 0.717) is 32.2 Å². The number of guanidine groups is 1. The van der Waals surface area contributed by atoms with E-state index in [4.69, 9.17) is 14.1 Å². The monoisotopic (exact) mass is 364 g/mol. The Bertz CT molecular complexity index is 563. The van der Waals surface area contributed by atoms with Gasteiger partial charge in [-0.1, -0.05) is 12.8 Å². The minimum atomic E-state index is -0.361. The molecule has 0 atom stereocenters. The number of rotatable bonds is 9. The summed E-state index contributed by atoms with van der Waals surface area (Å²) in [5, 5.41) is 6.59. The van der Waals surface area contributed by atoms with Crippen molar-refractivity contribution in [3.63, 3.8) is 0 Å². The number of amides is 1. The van der Waals surface area contributed by atoms with Gasteiger partial charge in [-0.3, -0.25) is 9.79 Å². The molecule has 26 heavy (non-hydrogen) atoms. The van der Waals surface area contributed by atoms with E-state index in [2.05, 4.69) is 10.6 Å². The molecule has 1 aliphatic rings. The van der Waals surface area contributed by atoms with E-state index in [1.54, 1.807) is 18.3 Å². The number of hydrogen-bond donors (Lipinski definition) is 2. The molecule has 0 aliphatic heterocycles. The molecule has 146 valence electrons. The fourth-order valence-corrected chi connectivity index (χ4v) is 3.40. The van der Waals surface area contributed by atoms with E-state index < -0.39 is 0 Å². The second kappa shape index (κ2) is 10.2. The third kappa shape index (κ3) is 5.76. The van der Waals surface area contributed by atoms with Crippen LogP contribution in [0.1, 0.15) is 31.4 Å². The first kappa shape index (κ1) is 20.3. The molecule has 2 rings (SSSR count). The van der Waals surface area contributed by atoms with Gasteiger partial charge < -0.3 is 24.7 Å². The summed E-state index contributed by atoms with van der Waals surface area (Å²) in [4.78, 5) is 19.1. The molecular formula is C19H32N4O3. The molecule has 1 fully saturated rings. The molecule has 1 aliphatic carbocycles. The fourth-order valence-electron chi connectivity index (χ4n) is 3.40. The van der Waals surface area contributed by atoms with Crippen LogP contribution in [0.5, 0.6) is 0 Å². The van der Waals surface area contributed by atoms with Crippen LogP contribution in [0, 0.1) is 5.41 Å². The third-order valence-corrected chi connectivity index (χ3v) is 4.80. The van der Waals surface area contributed by atoms with E-state index in [-0.39, 0.29) is 11.3 Å². The van der Waals surface area contributed by atoms with Crippen LogP contribution < -0.4 is 10.6 Å². The van der Waals surface area contributed by atoms with E-state index in [9.17, 15) is 4.79 Å². The SMILES string of the molecule is COCCNC(=NCC1(C(=O)N(C)C)CCCC1)NCCc1ccco1. The zero-order chi connectivity index (χ0) is 18.8. The molecule has 0 spiro atoms. The summed E-state index contributed by atoms with van der Waals surface area (Å²) < 4.78 is 10.5. The zero-order valence-corrected chi connectivity index (χ0v) is 16.2. The Kier molecular flexibility index (Phi) is 7.97. The van der Waals surface area contributed by atoms with Crippen LogP contribution in [-0.2, 0) is 16.0 Å². The first-order chi connectivity index (χ1) is 12.6. The van der Waals surface area contributed by atoms with E-state index in [1.165, 1.54) is 0 Å². The molecule has 1 saturated carbocycles. The molecule has 7 nitrogen and oxygen atoms in total. The first-order valence-electron chi connectivity index (χ1n) is 9.33. The van der Waals surface area contributed by atoms with Gasteiger partial charge in [0.2, 0.25) is 5.91 Å². The lowest BCUT2D eigenvalue weighted by atomic mass is 9.85. The highest BCUT2D eigenvalue weighted by molar-refractivity contribution is 5.84. The highest BCUT2D eigenvalue weighted by atomic mass is 16.5. The second-order valence-corrected chi connectivity index (χ2v) is 7.03. The Balaban J connectivity index is 1.98. The van der Waals surface area contributed by atoms with Crippen LogP contribution in [0.2, 0.25) is 0 Å². The van der Waals surface area contributed by atoms with Crippen LogP contribution in [0.25, 0.3) is 0 Å². The van der Waals surface area contributed by atoms with Gasteiger partial charge in [0.25, 0.3) is 0 Å².